The minimum absolute atomic E-state index is 0.410. The van der Waals surface area contributed by atoms with Crippen LogP contribution in [0.4, 0.5) is 0 Å². The Hall–Kier alpha value is -1.35. The highest BCUT2D eigenvalue weighted by atomic mass is 16.3. The highest BCUT2D eigenvalue weighted by Crippen LogP contribution is 2.33. The molecule has 0 radical (unpaired) electrons. The van der Waals surface area contributed by atoms with E-state index in [1.807, 2.05) is 24.3 Å². The summed E-state index contributed by atoms with van der Waals surface area (Å²) in [5.74, 6) is -0.836. The second-order valence-corrected chi connectivity index (χ2v) is 3.69. The number of primary amides is 1. The topological polar surface area (TPSA) is 63.3 Å². The number of fused-ring (bicyclic) bond motifs is 1. The molecule has 74 valence electrons. The van der Waals surface area contributed by atoms with Gasteiger partial charge in [0, 0.05) is 0 Å². The molecule has 0 saturated carbocycles. The van der Waals surface area contributed by atoms with Gasteiger partial charge in [0.1, 0.15) is 0 Å². The van der Waals surface area contributed by atoms with Crippen LogP contribution < -0.4 is 5.73 Å². The van der Waals surface area contributed by atoms with Crippen molar-refractivity contribution in [3.63, 3.8) is 0 Å². The normalized spacial score (nSPS) is 25.5. The zero-order valence-corrected chi connectivity index (χ0v) is 7.81. The number of aryl methyl sites for hydroxylation is 1. The van der Waals surface area contributed by atoms with Crippen LogP contribution in [0, 0.1) is 5.92 Å². The fourth-order valence-electron chi connectivity index (χ4n) is 2.03. The third-order valence-corrected chi connectivity index (χ3v) is 2.84. The van der Waals surface area contributed by atoms with Crippen LogP contribution in [0.5, 0.6) is 0 Å². The molecule has 3 nitrogen and oxygen atoms in total. The first-order valence-corrected chi connectivity index (χ1v) is 4.75. The quantitative estimate of drug-likeness (QED) is 0.688. The lowest BCUT2D eigenvalue weighted by Crippen LogP contribution is -2.32. The maximum absolute atomic E-state index is 11.0. The van der Waals surface area contributed by atoms with Crippen molar-refractivity contribution in [2.75, 3.05) is 0 Å². The average Bonchev–Trinajstić information content (AvgIpc) is 2.18. The Bertz CT molecular complexity index is 362. The van der Waals surface area contributed by atoms with Gasteiger partial charge in [0.15, 0.2) is 0 Å². The molecule has 0 spiro atoms. The molecule has 0 aliphatic heterocycles. The fourth-order valence-corrected chi connectivity index (χ4v) is 2.03. The Morgan fingerprint density at radius 2 is 2.14 bits per heavy atom. The van der Waals surface area contributed by atoms with Crippen molar-refractivity contribution in [3.05, 3.63) is 35.4 Å². The molecule has 1 aromatic rings. The minimum Gasteiger partial charge on any atom is -0.388 e. The number of amides is 1. The molecule has 0 aromatic heterocycles. The molecule has 2 rings (SSSR count). The van der Waals surface area contributed by atoms with Crippen LogP contribution in [0.1, 0.15) is 23.7 Å². The number of benzene rings is 1. The molecular weight excluding hydrogens is 178 g/mol. The lowest BCUT2D eigenvalue weighted by atomic mass is 9.81. The Morgan fingerprint density at radius 3 is 2.86 bits per heavy atom. The monoisotopic (exact) mass is 191 g/mol. The average molecular weight is 191 g/mol. The molecule has 1 aliphatic rings. The van der Waals surface area contributed by atoms with Crippen molar-refractivity contribution < 1.29 is 9.90 Å². The maximum Gasteiger partial charge on any atom is 0.223 e. The summed E-state index contributed by atoms with van der Waals surface area (Å²) in [5.41, 5.74) is 7.19. The molecule has 14 heavy (non-hydrogen) atoms. The molecule has 0 heterocycles. The molecule has 1 aromatic carbocycles. The van der Waals surface area contributed by atoms with Crippen LogP contribution in [0.15, 0.2) is 24.3 Å². The largest absolute Gasteiger partial charge is 0.388 e. The number of hydrogen-bond acceptors (Lipinski definition) is 2. The van der Waals surface area contributed by atoms with E-state index in [4.69, 9.17) is 5.73 Å². The van der Waals surface area contributed by atoms with Crippen LogP contribution >= 0.6 is 0 Å². The summed E-state index contributed by atoms with van der Waals surface area (Å²) in [7, 11) is 0. The molecule has 3 heteroatoms. The predicted octanol–water partition coefficient (Wildman–Crippen LogP) is 0.768. The van der Waals surface area contributed by atoms with E-state index in [1.165, 1.54) is 0 Å². The van der Waals surface area contributed by atoms with Gasteiger partial charge in [-0.1, -0.05) is 24.3 Å². The van der Waals surface area contributed by atoms with Crippen molar-refractivity contribution in [2.45, 2.75) is 18.9 Å². The number of aliphatic hydroxyl groups excluding tert-OH is 1. The van der Waals surface area contributed by atoms with Crippen LogP contribution in [-0.4, -0.2) is 11.0 Å². The number of carbonyl (C=O) groups excluding carboxylic acids is 1. The van der Waals surface area contributed by atoms with Crippen LogP contribution in [-0.2, 0) is 11.2 Å². The maximum atomic E-state index is 11.0. The van der Waals surface area contributed by atoms with Gasteiger partial charge in [0.05, 0.1) is 12.0 Å². The van der Waals surface area contributed by atoms with Crippen molar-refractivity contribution in [2.24, 2.45) is 11.7 Å². The lowest BCUT2D eigenvalue weighted by molar-refractivity contribution is -0.126. The van der Waals surface area contributed by atoms with Crippen LogP contribution in [0.3, 0.4) is 0 Å². The summed E-state index contributed by atoms with van der Waals surface area (Å²) in [4.78, 5) is 11.0. The second kappa shape index (κ2) is 3.42. The van der Waals surface area contributed by atoms with Crippen LogP contribution in [0.2, 0.25) is 0 Å². The smallest absolute Gasteiger partial charge is 0.223 e. The van der Waals surface area contributed by atoms with Gasteiger partial charge in [-0.3, -0.25) is 4.79 Å². The number of hydrogen-bond donors (Lipinski definition) is 2. The predicted molar refractivity (Wildman–Crippen MR) is 52.4 cm³/mol. The van der Waals surface area contributed by atoms with E-state index in [1.54, 1.807) is 0 Å². The van der Waals surface area contributed by atoms with Gasteiger partial charge in [-0.25, -0.2) is 0 Å². The zero-order chi connectivity index (χ0) is 10.1. The first-order valence-electron chi connectivity index (χ1n) is 4.75. The lowest BCUT2D eigenvalue weighted by Gasteiger charge is -2.27. The van der Waals surface area contributed by atoms with Gasteiger partial charge in [-0.15, -0.1) is 0 Å². The van der Waals surface area contributed by atoms with E-state index in [9.17, 15) is 9.90 Å². The van der Waals surface area contributed by atoms with Crippen molar-refractivity contribution in [3.8, 4) is 0 Å². The Balaban J connectivity index is 2.36. The molecule has 0 bridgehead atoms. The van der Waals surface area contributed by atoms with Crippen molar-refractivity contribution in [1.82, 2.24) is 0 Å². The highest BCUT2D eigenvalue weighted by Gasteiger charge is 2.31. The van der Waals surface area contributed by atoms with Crippen LogP contribution in [0.25, 0.3) is 0 Å². The summed E-state index contributed by atoms with van der Waals surface area (Å²) < 4.78 is 0. The summed E-state index contributed by atoms with van der Waals surface area (Å²) in [6.07, 6.45) is 0.742. The minimum atomic E-state index is -0.725. The first kappa shape index (κ1) is 9.21. The molecule has 1 amide bonds. The number of rotatable bonds is 1. The number of aliphatic hydroxyl groups is 1. The number of nitrogens with two attached hydrogens (primary N) is 1. The Labute approximate surface area is 82.5 Å². The van der Waals surface area contributed by atoms with E-state index in [0.717, 1.165) is 17.5 Å². The van der Waals surface area contributed by atoms with Gasteiger partial charge in [-0.2, -0.15) is 0 Å². The van der Waals surface area contributed by atoms with E-state index in [0.29, 0.717) is 6.42 Å². The molecule has 0 fully saturated rings. The van der Waals surface area contributed by atoms with Gasteiger partial charge >= 0.3 is 0 Å². The molecule has 0 saturated heterocycles. The Morgan fingerprint density at radius 1 is 1.43 bits per heavy atom. The summed E-state index contributed by atoms with van der Waals surface area (Å²) >= 11 is 0. The third kappa shape index (κ3) is 1.40. The van der Waals surface area contributed by atoms with Gasteiger partial charge in [-0.05, 0) is 24.0 Å². The zero-order valence-electron chi connectivity index (χ0n) is 7.81. The summed E-state index contributed by atoms with van der Waals surface area (Å²) in [6, 6.07) is 7.65. The van der Waals surface area contributed by atoms with E-state index in [2.05, 4.69) is 0 Å². The third-order valence-electron chi connectivity index (χ3n) is 2.84. The SMILES string of the molecule is NC(=O)[C@H]1CCc2ccccc2C1O. The van der Waals surface area contributed by atoms with Crippen molar-refractivity contribution >= 4 is 5.91 Å². The van der Waals surface area contributed by atoms with Gasteiger partial charge < -0.3 is 10.8 Å². The van der Waals surface area contributed by atoms with E-state index < -0.39 is 17.9 Å². The van der Waals surface area contributed by atoms with Gasteiger partial charge in [0.2, 0.25) is 5.91 Å². The van der Waals surface area contributed by atoms with Crippen molar-refractivity contribution in [1.29, 1.82) is 0 Å². The molecule has 1 unspecified atom stereocenters. The van der Waals surface area contributed by atoms with Gasteiger partial charge in [0.25, 0.3) is 0 Å². The summed E-state index contributed by atoms with van der Waals surface area (Å²) in [5, 5.41) is 9.89. The molecule has 2 atom stereocenters. The van der Waals surface area contributed by atoms with E-state index >= 15 is 0 Å². The fraction of sp³-hybridized carbons (Fsp3) is 0.364. The second-order valence-electron chi connectivity index (χ2n) is 3.69. The first-order chi connectivity index (χ1) is 6.70. The molecule has 3 N–H and O–H groups in total. The van der Waals surface area contributed by atoms with E-state index in [-0.39, 0.29) is 0 Å². The Kier molecular flexibility index (Phi) is 2.25. The highest BCUT2D eigenvalue weighted by molar-refractivity contribution is 5.78. The molecule has 1 aliphatic carbocycles. The standard InChI is InChI=1S/C11H13NO2/c12-11(14)9-6-5-7-3-1-2-4-8(7)10(9)13/h1-4,9-10,13H,5-6H2,(H2,12,14)/t9-,10?/m0/s1. The summed E-state index contributed by atoms with van der Waals surface area (Å²) in [6.45, 7) is 0. The number of carbonyl (C=O) groups is 1. The molecular formula is C11H13NO2.